The molecule has 2 aromatic carbocycles. The van der Waals surface area contributed by atoms with E-state index in [2.05, 4.69) is 34.0 Å². The van der Waals surface area contributed by atoms with E-state index in [1.165, 1.54) is 11.1 Å². The van der Waals surface area contributed by atoms with Crippen LogP contribution >= 0.6 is 24.2 Å². The highest BCUT2D eigenvalue weighted by Crippen LogP contribution is 2.29. The zero-order valence-electron chi connectivity index (χ0n) is 16.5. The number of hydrogen-bond donors (Lipinski definition) is 2. The van der Waals surface area contributed by atoms with E-state index in [1.54, 1.807) is 11.8 Å². The highest BCUT2D eigenvalue weighted by Gasteiger charge is 2.15. The van der Waals surface area contributed by atoms with E-state index in [0.29, 0.717) is 12.1 Å². The number of thioether (sulfide) groups is 1. The first-order chi connectivity index (χ1) is 13.6. The predicted molar refractivity (Wildman–Crippen MR) is 117 cm³/mol. The molecule has 0 saturated carbocycles. The molecule has 2 N–H and O–H groups in total. The number of rotatable bonds is 6. The van der Waals surface area contributed by atoms with Crippen molar-refractivity contribution < 1.29 is 9.32 Å². The molecule has 0 atom stereocenters. The van der Waals surface area contributed by atoms with Crippen molar-refractivity contribution in [2.24, 2.45) is 0 Å². The molecule has 3 aromatic rings. The first-order valence-electron chi connectivity index (χ1n) is 9.35. The summed E-state index contributed by atoms with van der Waals surface area (Å²) in [5.74, 6) is 1.50. The average Bonchev–Trinajstić information content (AvgIpc) is 3.30. The monoisotopic (exact) mass is 429 g/mol. The summed E-state index contributed by atoms with van der Waals surface area (Å²) in [5, 5.41) is 10.4. The largest absolute Gasteiger partial charge is 0.361 e. The van der Waals surface area contributed by atoms with Crippen molar-refractivity contribution in [2.75, 3.05) is 0 Å². The summed E-state index contributed by atoms with van der Waals surface area (Å²) >= 11 is 1.63. The summed E-state index contributed by atoms with van der Waals surface area (Å²) in [6, 6.07) is 14.1. The third-order valence-electron chi connectivity index (χ3n) is 5.04. The van der Waals surface area contributed by atoms with Gasteiger partial charge in [-0.05, 0) is 42.7 Å². The molecule has 1 aromatic heterocycles. The van der Waals surface area contributed by atoms with Crippen molar-refractivity contribution in [2.45, 2.75) is 44.1 Å². The maximum absolute atomic E-state index is 12.8. The zero-order valence-corrected chi connectivity index (χ0v) is 18.1. The van der Waals surface area contributed by atoms with Crippen LogP contribution in [-0.2, 0) is 25.4 Å². The summed E-state index contributed by atoms with van der Waals surface area (Å²) in [5.41, 5.74) is 6.47. The lowest BCUT2D eigenvalue weighted by atomic mass is 10.1. The highest BCUT2D eigenvalue weighted by molar-refractivity contribution is 7.98. The molecule has 7 heteroatoms. The van der Waals surface area contributed by atoms with Gasteiger partial charge in [-0.1, -0.05) is 35.5 Å². The van der Waals surface area contributed by atoms with Crippen LogP contribution in [0.25, 0.3) is 0 Å². The predicted octanol–water partition coefficient (Wildman–Crippen LogP) is 4.54. The first kappa shape index (κ1) is 21.4. The minimum Gasteiger partial charge on any atom is -0.361 e. The molecule has 0 bridgehead atoms. The van der Waals surface area contributed by atoms with Crippen LogP contribution in [0.4, 0.5) is 0 Å². The molecule has 0 aliphatic carbocycles. The summed E-state index contributed by atoms with van der Waals surface area (Å²) in [7, 11) is 0. The second-order valence-corrected chi connectivity index (χ2v) is 7.99. The van der Waals surface area contributed by atoms with Gasteiger partial charge in [-0.15, -0.1) is 24.2 Å². The molecule has 0 fully saturated rings. The zero-order chi connectivity index (χ0) is 19.5. The minimum absolute atomic E-state index is 0. The van der Waals surface area contributed by atoms with Gasteiger partial charge < -0.3 is 15.2 Å². The van der Waals surface area contributed by atoms with Gasteiger partial charge in [-0.2, -0.15) is 0 Å². The average molecular weight is 430 g/mol. The van der Waals surface area contributed by atoms with Crippen LogP contribution in [-0.4, -0.2) is 11.1 Å². The van der Waals surface area contributed by atoms with Crippen LogP contribution in [0.3, 0.4) is 0 Å². The third-order valence-corrected chi connectivity index (χ3v) is 6.14. The van der Waals surface area contributed by atoms with Gasteiger partial charge in [0.05, 0.1) is 11.3 Å². The maximum atomic E-state index is 12.8. The van der Waals surface area contributed by atoms with Crippen molar-refractivity contribution in [3.05, 3.63) is 81.7 Å². The second kappa shape index (κ2) is 9.48. The SMILES string of the molecule is Cc1noc(C)c1CSc1ccccc1C(=O)NCc1ccc2c(c1)CNC2.Cl. The lowest BCUT2D eigenvalue weighted by Crippen LogP contribution is -2.23. The quantitative estimate of drug-likeness (QED) is 0.563. The van der Waals surface area contributed by atoms with Gasteiger partial charge in [0, 0.05) is 35.8 Å². The van der Waals surface area contributed by atoms with Crippen molar-refractivity contribution in [3.8, 4) is 0 Å². The highest BCUT2D eigenvalue weighted by atomic mass is 35.5. The van der Waals surface area contributed by atoms with E-state index in [-0.39, 0.29) is 18.3 Å². The van der Waals surface area contributed by atoms with Crippen LogP contribution in [0.1, 0.15) is 44.1 Å². The number of carbonyl (C=O) groups is 1. The van der Waals surface area contributed by atoms with Crippen molar-refractivity contribution in [1.82, 2.24) is 15.8 Å². The smallest absolute Gasteiger partial charge is 0.252 e. The van der Waals surface area contributed by atoms with Crippen LogP contribution < -0.4 is 10.6 Å². The van der Waals surface area contributed by atoms with Crippen LogP contribution in [0.5, 0.6) is 0 Å². The Hall–Kier alpha value is -2.28. The molecule has 1 aliphatic heterocycles. The molecule has 5 nitrogen and oxygen atoms in total. The summed E-state index contributed by atoms with van der Waals surface area (Å²) in [6.45, 7) is 6.21. The van der Waals surface area contributed by atoms with E-state index in [4.69, 9.17) is 4.52 Å². The maximum Gasteiger partial charge on any atom is 0.252 e. The van der Waals surface area contributed by atoms with E-state index < -0.39 is 0 Å². The Balaban J connectivity index is 0.00000240. The van der Waals surface area contributed by atoms with Crippen LogP contribution in [0.2, 0.25) is 0 Å². The van der Waals surface area contributed by atoms with E-state index in [1.807, 2.05) is 38.1 Å². The number of halogens is 1. The van der Waals surface area contributed by atoms with Crippen molar-refractivity contribution in [3.63, 3.8) is 0 Å². The summed E-state index contributed by atoms with van der Waals surface area (Å²) in [4.78, 5) is 13.8. The molecule has 0 spiro atoms. The molecule has 0 unspecified atom stereocenters. The van der Waals surface area contributed by atoms with Gasteiger partial charge in [0.25, 0.3) is 5.91 Å². The number of benzene rings is 2. The number of nitrogens with zero attached hydrogens (tertiary/aromatic N) is 1. The molecule has 29 heavy (non-hydrogen) atoms. The molecular formula is C22H24ClN3O2S. The lowest BCUT2D eigenvalue weighted by molar-refractivity contribution is 0.0948. The first-order valence-corrected chi connectivity index (χ1v) is 10.3. The van der Waals surface area contributed by atoms with Crippen LogP contribution in [0.15, 0.2) is 51.9 Å². The Morgan fingerprint density at radius 1 is 1.17 bits per heavy atom. The van der Waals surface area contributed by atoms with Gasteiger partial charge in [-0.3, -0.25) is 4.79 Å². The number of carbonyl (C=O) groups excluding carboxylic acids is 1. The van der Waals surface area contributed by atoms with Gasteiger partial charge in [0.2, 0.25) is 0 Å². The summed E-state index contributed by atoms with van der Waals surface area (Å²) < 4.78 is 5.23. The Labute approximate surface area is 181 Å². The molecule has 0 saturated heterocycles. The van der Waals surface area contributed by atoms with E-state index in [0.717, 1.165) is 46.3 Å². The minimum atomic E-state index is -0.0551. The number of amides is 1. The Bertz CT molecular complexity index is 1000. The molecule has 152 valence electrons. The molecule has 1 aliphatic rings. The Morgan fingerprint density at radius 3 is 2.76 bits per heavy atom. The molecule has 4 rings (SSSR count). The standard InChI is InChI=1S/C22H23N3O2S.ClH/c1-14-20(15(2)27-25-14)13-28-21-6-4-3-5-19(21)22(26)24-10-16-7-8-17-11-23-12-18(17)9-16;/h3-9,23H,10-13H2,1-2H3,(H,24,26);1H. The Morgan fingerprint density at radius 2 is 1.97 bits per heavy atom. The number of aromatic nitrogens is 1. The third kappa shape index (κ3) is 4.83. The topological polar surface area (TPSA) is 67.2 Å². The van der Waals surface area contributed by atoms with Crippen molar-refractivity contribution >= 4 is 30.1 Å². The van der Waals surface area contributed by atoms with Gasteiger partial charge in [0.1, 0.15) is 5.76 Å². The fraction of sp³-hybridized carbons (Fsp3) is 0.273. The second-order valence-electron chi connectivity index (χ2n) is 6.98. The number of nitrogens with one attached hydrogen (secondary N) is 2. The van der Waals surface area contributed by atoms with Crippen molar-refractivity contribution in [1.29, 1.82) is 0 Å². The summed E-state index contributed by atoms with van der Waals surface area (Å²) in [6.07, 6.45) is 0. The molecule has 0 radical (unpaired) electrons. The lowest BCUT2D eigenvalue weighted by Gasteiger charge is -2.11. The van der Waals surface area contributed by atoms with Gasteiger partial charge in [0.15, 0.2) is 0 Å². The molecule has 2 heterocycles. The van der Waals surface area contributed by atoms with E-state index >= 15 is 0 Å². The van der Waals surface area contributed by atoms with E-state index in [9.17, 15) is 4.79 Å². The van der Waals surface area contributed by atoms with Gasteiger partial charge in [-0.25, -0.2) is 0 Å². The van der Waals surface area contributed by atoms with Gasteiger partial charge >= 0.3 is 0 Å². The normalized spacial score (nSPS) is 12.3. The number of hydrogen-bond acceptors (Lipinski definition) is 5. The molecule has 1 amide bonds. The van der Waals surface area contributed by atoms with Crippen LogP contribution in [0, 0.1) is 13.8 Å². The number of fused-ring (bicyclic) bond motifs is 1. The Kier molecular flexibility index (Phi) is 7.00. The molecular weight excluding hydrogens is 406 g/mol. The fourth-order valence-corrected chi connectivity index (χ4v) is 4.58. The number of aryl methyl sites for hydroxylation is 2. The fourth-order valence-electron chi connectivity index (χ4n) is 3.37.